The fourth-order valence-corrected chi connectivity index (χ4v) is 2.78. The normalized spacial score (nSPS) is 16.2. The number of carbonyl (C=O) groups is 3. The van der Waals surface area contributed by atoms with Gasteiger partial charge in [-0.15, -0.1) is 11.3 Å². The molecule has 1 aliphatic heterocycles. The Morgan fingerprint density at radius 3 is 2.44 bits per heavy atom. The van der Waals surface area contributed by atoms with Gasteiger partial charge in [0.15, 0.2) is 5.78 Å². The van der Waals surface area contributed by atoms with Crippen LogP contribution in [0.2, 0.25) is 0 Å². The van der Waals surface area contributed by atoms with Crippen LogP contribution in [0.1, 0.15) is 20.1 Å². The van der Waals surface area contributed by atoms with Crippen LogP contribution in [0.4, 0.5) is 0 Å². The van der Waals surface area contributed by atoms with E-state index < -0.39 is 11.8 Å². The zero-order valence-corrected chi connectivity index (χ0v) is 11.0. The Balaban J connectivity index is 2.13. The van der Waals surface area contributed by atoms with E-state index in [1.165, 1.54) is 11.3 Å². The molecular formula is C12H13NO4S. The number of amides is 2. The smallest absolute Gasteiger partial charge is 0.255 e. The van der Waals surface area contributed by atoms with E-state index in [4.69, 9.17) is 4.74 Å². The minimum Gasteiger partial charge on any atom is -0.362 e. The van der Waals surface area contributed by atoms with Crippen LogP contribution in [0.5, 0.6) is 0 Å². The lowest BCUT2D eigenvalue weighted by atomic mass is 10.1. The molecule has 0 spiro atoms. The van der Waals surface area contributed by atoms with E-state index >= 15 is 0 Å². The largest absolute Gasteiger partial charge is 0.362 e. The summed E-state index contributed by atoms with van der Waals surface area (Å²) in [6, 6.07) is 1.79. The van der Waals surface area contributed by atoms with Crippen molar-refractivity contribution < 1.29 is 19.1 Å². The Morgan fingerprint density at radius 1 is 1.33 bits per heavy atom. The molecule has 2 heterocycles. The Bertz CT molecular complexity index is 504. The number of thiophene rings is 1. The van der Waals surface area contributed by atoms with Gasteiger partial charge in [-0.3, -0.25) is 19.3 Å². The van der Waals surface area contributed by atoms with Gasteiger partial charge in [0.2, 0.25) is 0 Å². The zero-order chi connectivity index (χ0) is 13.3. The number of rotatable bonds is 3. The maximum atomic E-state index is 12.1. The van der Waals surface area contributed by atoms with Crippen molar-refractivity contribution in [2.24, 2.45) is 0 Å². The highest BCUT2D eigenvalue weighted by Crippen LogP contribution is 2.21. The topological polar surface area (TPSA) is 63.7 Å². The van der Waals surface area contributed by atoms with Crippen LogP contribution in [0.3, 0.4) is 0 Å². The molecule has 1 fully saturated rings. The molecule has 0 aliphatic carbocycles. The average molecular weight is 267 g/mol. The molecule has 1 aliphatic rings. The Hall–Kier alpha value is -1.53. The van der Waals surface area contributed by atoms with Crippen LogP contribution in [0.15, 0.2) is 6.07 Å². The first kappa shape index (κ1) is 12.9. The van der Waals surface area contributed by atoms with Gasteiger partial charge in [0.25, 0.3) is 11.8 Å². The number of ether oxygens (including phenoxy) is 1. The van der Waals surface area contributed by atoms with Crippen LogP contribution >= 0.6 is 11.3 Å². The van der Waals surface area contributed by atoms with Crippen LogP contribution in [0, 0.1) is 13.8 Å². The quantitative estimate of drug-likeness (QED) is 0.604. The van der Waals surface area contributed by atoms with E-state index in [1.807, 2.05) is 13.8 Å². The SMILES string of the molecule is Cc1cc(C(=O)CN2C(=O)COCC2=O)c(C)s1. The van der Waals surface area contributed by atoms with Crippen LogP contribution < -0.4 is 0 Å². The molecule has 18 heavy (non-hydrogen) atoms. The molecule has 2 rings (SSSR count). The van der Waals surface area contributed by atoms with Crippen molar-refractivity contribution in [1.82, 2.24) is 4.90 Å². The van der Waals surface area contributed by atoms with Crippen LogP contribution in [0.25, 0.3) is 0 Å². The van der Waals surface area contributed by atoms with E-state index in [0.717, 1.165) is 14.7 Å². The molecule has 2 amide bonds. The Morgan fingerprint density at radius 2 is 1.94 bits per heavy atom. The minimum absolute atomic E-state index is 0.138. The number of morpholine rings is 1. The molecule has 0 saturated carbocycles. The molecule has 0 bridgehead atoms. The van der Waals surface area contributed by atoms with Gasteiger partial charge in [0.05, 0.1) is 6.54 Å². The number of nitrogens with zero attached hydrogens (tertiary/aromatic N) is 1. The Kier molecular flexibility index (Phi) is 3.58. The molecule has 5 nitrogen and oxygen atoms in total. The maximum absolute atomic E-state index is 12.1. The van der Waals surface area contributed by atoms with Gasteiger partial charge in [0, 0.05) is 15.3 Å². The first-order valence-corrected chi connectivity index (χ1v) is 6.32. The number of hydrogen-bond donors (Lipinski definition) is 0. The monoisotopic (exact) mass is 267 g/mol. The van der Waals surface area contributed by atoms with Crippen molar-refractivity contribution in [3.8, 4) is 0 Å². The molecule has 0 aromatic carbocycles. The second-order valence-corrected chi connectivity index (χ2v) is 5.58. The first-order chi connectivity index (χ1) is 8.49. The van der Waals surface area contributed by atoms with Crippen molar-refractivity contribution in [3.05, 3.63) is 21.4 Å². The molecule has 0 unspecified atom stereocenters. The van der Waals surface area contributed by atoms with E-state index in [1.54, 1.807) is 6.07 Å². The van der Waals surface area contributed by atoms with Crippen molar-refractivity contribution in [2.45, 2.75) is 13.8 Å². The lowest BCUT2D eigenvalue weighted by Crippen LogP contribution is -2.48. The zero-order valence-electron chi connectivity index (χ0n) is 10.2. The van der Waals surface area contributed by atoms with Crippen LogP contribution in [-0.4, -0.2) is 42.3 Å². The van der Waals surface area contributed by atoms with Crippen molar-refractivity contribution >= 4 is 28.9 Å². The van der Waals surface area contributed by atoms with Crippen molar-refractivity contribution in [3.63, 3.8) is 0 Å². The van der Waals surface area contributed by atoms with E-state index in [9.17, 15) is 14.4 Å². The van der Waals surface area contributed by atoms with Gasteiger partial charge in [-0.2, -0.15) is 0 Å². The molecule has 1 aromatic rings. The summed E-state index contributed by atoms with van der Waals surface area (Å²) in [4.78, 5) is 38.0. The van der Waals surface area contributed by atoms with E-state index in [-0.39, 0.29) is 25.5 Å². The summed E-state index contributed by atoms with van der Waals surface area (Å²) in [5.41, 5.74) is 0.588. The molecule has 0 N–H and O–H groups in total. The predicted molar refractivity (Wildman–Crippen MR) is 65.7 cm³/mol. The summed E-state index contributed by atoms with van der Waals surface area (Å²) in [5.74, 6) is -1.12. The number of carbonyl (C=O) groups excluding carboxylic acids is 3. The molecular weight excluding hydrogens is 254 g/mol. The third-order valence-corrected chi connectivity index (χ3v) is 3.66. The number of hydrogen-bond acceptors (Lipinski definition) is 5. The van der Waals surface area contributed by atoms with Gasteiger partial charge in [-0.05, 0) is 19.9 Å². The molecule has 1 saturated heterocycles. The summed E-state index contributed by atoms with van der Waals surface area (Å²) < 4.78 is 4.79. The molecule has 0 radical (unpaired) electrons. The number of aryl methyl sites for hydroxylation is 2. The van der Waals surface area contributed by atoms with Crippen molar-refractivity contribution in [2.75, 3.05) is 19.8 Å². The standard InChI is InChI=1S/C12H13NO4S/c1-7-3-9(8(2)18-7)10(14)4-13-11(15)5-17-6-12(13)16/h3H,4-6H2,1-2H3. The van der Waals surface area contributed by atoms with Crippen LogP contribution in [-0.2, 0) is 14.3 Å². The lowest BCUT2D eigenvalue weighted by molar-refractivity contribution is -0.157. The third-order valence-electron chi connectivity index (χ3n) is 2.70. The second kappa shape index (κ2) is 4.99. The summed E-state index contributed by atoms with van der Waals surface area (Å²) in [6.07, 6.45) is 0. The molecule has 0 atom stereocenters. The van der Waals surface area contributed by atoms with Gasteiger partial charge in [-0.1, -0.05) is 0 Å². The molecule has 96 valence electrons. The second-order valence-electron chi connectivity index (χ2n) is 4.12. The van der Waals surface area contributed by atoms with Crippen molar-refractivity contribution in [1.29, 1.82) is 0 Å². The van der Waals surface area contributed by atoms with Gasteiger partial charge >= 0.3 is 0 Å². The first-order valence-electron chi connectivity index (χ1n) is 5.50. The maximum Gasteiger partial charge on any atom is 0.255 e. The summed E-state index contributed by atoms with van der Waals surface area (Å²) in [7, 11) is 0. The molecule has 1 aromatic heterocycles. The predicted octanol–water partition coefficient (Wildman–Crippen LogP) is 0.933. The lowest BCUT2D eigenvalue weighted by Gasteiger charge is -2.24. The fourth-order valence-electron chi connectivity index (χ4n) is 1.83. The minimum atomic E-state index is -0.454. The highest BCUT2D eigenvalue weighted by molar-refractivity contribution is 7.12. The van der Waals surface area contributed by atoms with E-state index in [0.29, 0.717) is 5.56 Å². The van der Waals surface area contributed by atoms with Gasteiger partial charge in [0.1, 0.15) is 13.2 Å². The number of ketones is 1. The highest BCUT2D eigenvalue weighted by atomic mass is 32.1. The van der Waals surface area contributed by atoms with E-state index in [2.05, 4.69) is 0 Å². The Labute approximate surface area is 108 Å². The molecule has 6 heteroatoms. The third kappa shape index (κ3) is 2.49. The summed E-state index contributed by atoms with van der Waals surface area (Å²) in [5, 5.41) is 0. The van der Waals surface area contributed by atoms with Gasteiger partial charge < -0.3 is 4.74 Å². The summed E-state index contributed by atoms with van der Waals surface area (Å²) in [6.45, 7) is 3.30. The summed E-state index contributed by atoms with van der Waals surface area (Å²) >= 11 is 1.53. The highest BCUT2D eigenvalue weighted by Gasteiger charge is 2.29. The number of imide groups is 1. The average Bonchev–Trinajstić information content (AvgIpc) is 2.63. The number of Topliss-reactive ketones (excluding diaryl/α,β-unsaturated/α-hetero) is 1. The van der Waals surface area contributed by atoms with Gasteiger partial charge in [-0.25, -0.2) is 0 Å². The fraction of sp³-hybridized carbons (Fsp3) is 0.417.